The molecule has 0 aliphatic rings. The Morgan fingerprint density at radius 2 is 1.53 bits per heavy atom. The molecule has 0 heterocycles. The van der Waals surface area contributed by atoms with Gasteiger partial charge >= 0.3 is 0 Å². The molecule has 0 saturated heterocycles. The van der Waals surface area contributed by atoms with Crippen molar-refractivity contribution in [3.05, 3.63) is 106 Å². The van der Waals surface area contributed by atoms with Gasteiger partial charge in [0.2, 0.25) is 11.8 Å². The van der Waals surface area contributed by atoms with E-state index >= 15 is 0 Å². The number of halogens is 2. The van der Waals surface area contributed by atoms with Gasteiger partial charge in [-0.3, -0.25) is 9.59 Å². The van der Waals surface area contributed by atoms with Crippen LogP contribution < -0.4 is 5.32 Å². The van der Waals surface area contributed by atoms with E-state index in [4.69, 9.17) is 23.2 Å². The number of benzene rings is 3. The molecule has 34 heavy (non-hydrogen) atoms. The summed E-state index contributed by atoms with van der Waals surface area (Å²) in [5.74, 6) is -0.322. The number of hydrogen-bond donors (Lipinski definition) is 1. The fourth-order valence-corrected chi connectivity index (χ4v) is 4.01. The molecule has 0 spiro atoms. The van der Waals surface area contributed by atoms with E-state index in [0.29, 0.717) is 16.5 Å². The molecule has 3 aromatic carbocycles. The second kappa shape index (κ2) is 12.6. The van der Waals surface area contributed by atoms with Crippen LogP contribution in [0.15, 0.2) is 78.9 Å². The largest absolute Gasteiger partial charge is 0.352 e. The Labute approximate surface area is 211 Å². The third kappa shape index (κ3) is 7.34. The molecule has 0 aromatic heterocycles. The van der Waals surface area contributed by atoms with Gasteiger partial charge < -0.3 is 10.2 Å². The molecule has 0 aliphatic carbocycles. The smallest absolute Gasteiger partial charge is 0.243 e. The van der Waals surface area contributed by atoms with Crippen molar-refractivity contribution in [2.45, 2.75) is 51.7 Å². The van der Waals surface area contributed by atoms with E-state index in [1.54, 1.807) is 23.1 Å². The Kier molecular flexibility index (Phi) is 9.55. The summed E-state index contributed by atoms with van der Waals surface area (Å²) < 4.78 is 0. The number of carbonyl (C=O) groups excluding carboxylic acids is 2. The SMILES string of the molecule is CC[C@H](C)NC(=O)[C@@H](Cc1ccccc1)N(Cc1ccccc1Cl)C(=O)Cc1ccc(Cl)cc1. The highest BCUT2D eigenvalue weighted by molar-refractivity contribution is 6.31. The standard InChI is InChI=1S/C28H30Cl2N2O2/c1-3-20(2)31-28(34)26(17-21-9-5-4-6-10-21)32(19-23-11-7-8-12-25(23)30)27(33)18-22-13-15-24(29)16-14-22/h4-16,20,26H,3,17-19H2,1-2H3,(H,31,34)/t20-,26+/m0/s1. The summed E-state index contributed by atoms with van der Waals surface area (Å²) in [7, 11) is 0. The van der Waals surface area contributed by atoms with Gasteiger partial charge in [0.15, 0.2) is 0 Å². The fraction of sp³-hybridized carbons (Fsp3) is 0.286. The van der Waals surface area contributed by atoms with Crippen LogP contribution in [0, 0.1) is 0 Å². The molecule has 0 fully saturated rings. The summed E-state index contributed by atoms with van der Waals surface area (Å²) in [6, 6.07) is 23.7. The van der Waals surface area contributed by atoms with Crippen molar-refractivity contribution < 1.29 is 9.59 Å². The number of carbonyl (C=O) groups is 2. The van der Waals surface area contributed by atoms with Crippen molar-refractivity contribution >= 4 is 35.0 Å². The molecule has 1 N–H and O–H groups in total. The van der Waals surface area contributed by atoms with Gasteiger partial charge in [0.1, 0.15) is 6.04 Å². The molecular weight excluding hydrogens is 467 g/mol. The number of rotatable bonds is 10. The van der Waals surface area contributed by atoms with Crippen molar-refractivity contribution in [3.63, 3.8) is 0 Å². The first kappa shape index (κ1) is 25.8. The molecule has 2 atom stereocenters. The molecule has 2 amide bonds. The minimum atomic E-state index is -0.688. The zero-order chi connectivity index (χ0) is 24.5. The summed E-state index contributed by atoms with van der Waals surface area (Å²) in [6.07, 6.45) is 1.36. The Hall–Kier alpha value is -2.82. The van der Waals surface area contributed by atoms with E-state index in [0.717, 1.165) is 23.1 Å². The molecule has 0 bridgehead atoms. The highest BCUT2D eigenvalue weighted by Crippen LogP contribution is 2.22. The zero-order valence-corrected chi connectivity index (χ0v) is 21.0. The summed E-state index contributed by atoms with van der Waals surface area (Å²) in [5.41, 5.74) is 2.61. The van der Waals surface area contributed by atoms with E-state index in [9.17, 15) is 9.59 Å². The van der Waals surface area contributed by atoms with Crippen LogP contribution >= 0.6 is 23.2 Å². The molecule has 178 valence electrons. The van der Waals surface area contributed by atoms with Gasteiger partial charge in [0.05, 0.1) is 6.42 Å². The van der Waals surface area contributed by atoms with Crippen molar-refractivity contribution in [3.8, 4) is 0 Å². The van der Waals surface area contributed by atoms with Gasteiger partial charge in [-0.25, -0.2) is 0 Å². The number of nitrogens with zero attached hydrogens (tertiary/aromatic N) is 1. The van der Waals surface area contributed by atoms with Gasteiger partial charge in [0.25, 0.3) is 0 Å². The van der Waals surface area contributed by atoms with E-state index in [-0.39, 0.29) is 30.8 Å². The topological polar surface area (TPSA) is 49.4 Å². The highest BCUT2D eigenvalue weighted by atomic mass is 35.5. The van der Waals surface area contributed by atoms with Crippen molar-refractivity contribution in [1.29, 1.82) is 0 Å². The third-order valence-corrected chi connectivity index (χ3v) is 6.46. The minimum absolute atomic E-state index is 0.000645. The van der Waals surface area contributed by atoms with Crippen LogP contribution in [-0.2, 0) is 29.0 Å². The van der Waals surface area contributed by atoms with E-state index in [2.05, 4.69) is 5.32 Å². The van der Waals surface area contributed by atoms with Gasteiger partial charge in [-0.2, -0.15) is 0 Å². The van der Waals surface area contributed by atoms with E-state index in [1.807, 2.05) is 74.5 Å². The quantitative estimate of drug-likeness (QED) is 0.369. The average Bonchev–Trinajstić information content (AvgIpc) is 2.84. The van der Waals surface area contributed by atoms with Gasteiger partial charge in [-0.1, -0.05) is 90.8 Å². The summed E-state index contributed by atoms with van der Waals surface area (Å²) in [4.78, 5) is 28.8. The van der Waals surface area contributed by atoms with Crippen LogP contribution in [0.1, 0.15) is 37.0 Å². The molecule has 0 unspecified atom stereocenters. The Morgan fingerprint density at radius 3 is 2.18 bits per heavy atom. The summed E-state index contributed by atoms with van der Waals surface area (Å²) in [5, 5.41) is 4.25. The van der Waals surface area contributed by atoms with Crippen LogP contribution in [0.3, 0.4) is 0 Å². The van der Waals surface area contributed by atoms with E-state index in [1.165, 1.54) is 0 Å². The van der Waals surface area contributed by atoms with Gasteiger partial charge in [0, 0.05) is 29.1 Å². The number of amides is 2. The lowest BCUT2D eigenvalue weighted by Gasteiger charge is -2.32. The summed E-state index contributed by atoms with van der Waals surface area (Å²) in [6.45, 7) is 4.22. The molecule has 0 aliphatic heterocycles. The normalized spacial score (nSPS) is 12.6. The molecule has 4 nitrogen and oxygen atoms in total. The maximum Gasteiger partial charge on any atom is 0.243 e. The lowest BCUT2D eigenvalue weighted by Crippen LogP contribution is -2.52. The maximum absolute atomic E-state index is 13.7. The number of hydrogen-bond acceptors (Lipinski definition) is 2. The molecule has 3 rings (SSSR count). The first-order chi connectivity index (χ1) is 16.4. The van der Waals surface area contributed by atoms with E-state index < -0.39 is 6.04 Å². The monoisotopic (exact) mass is 496 g/mol. The first-order valence-corrected chi connectivity index (χ1v) is 12.2. The van der Waals surface area contributed by atoms with Crippen LogP contribution in [0.4, 0.5) is 0 Å². The third-order valence-electron chi connectivity index (χ3n) is 5.84. The maximum atomic E-state index is 13.7. The van der Waals surface area contributed by atoms with Crippen LogP contribution in [0.5, 0.6) is 0 Å². The second-order valence-electron chi connectivity index (χ2n) is 8.44. The average molecular weight is 497 g/mol. The van der Waals surface area contributed by atoms with Crippen LogP contribution in [-0.4, -0.2) is 28.8 Å². The molecule has 0 saturated carbocycles. The Bertz CT molecular complexity index is 1090. The number of nitrogens with one attached hydrogen (secondary N) is 1. The first-order valence-electron chi connectivity index (χ1n) is 11.5. The molecule has 3 aromatic rings. The Morgan fingerprint density at radius 1 is 0.882 bits per heavy atom. The Balaban J connectivity index is 1.97. The predicted molar refractivity (Wildman–Crippen MR) is 139 cm³/mol. The van der Waals surface area contributed by atoms with Crippen molar-refractivity contribution in [2.75, 3.05) is 0 Å². The summed E-state index contributed by atoms with van der Waals surface area (Å²) >= 11 is 12.5. The lowest BCUT2D eigenvalue weighted by atomic mass is 10.0. The highest BCUT2D eigenvalue weighted by Gasteiger charge is 2.31. The zero-order valence-electron chi connectivity index (χ0n) is 19.5. The van der Waals surface area contributed by atoms with Crippen molar-refractivity contribution in [1.82, 2.24) is 10.2 Å². The fourth-order valence-electron chi connectivity index (χ4n) is 3.68. The molecule has 6 heteroatoms. The lowest BCUT2D eigenvalue weighted by molar-refractivity contribution is -0.141. The van der Waals surface area contributed by atoms with Gasteiger partial charge in [-0.15, -0.1) is 0 Å². The predicted octanol–water partition coefficient (Wildman–Crippen LogP) is 6.09. The van der Waals surface area contributed by atoms with Crippen molar-refractivity contribution in [2.24, 2.45) is 0 Å². The molecular formula is C28H30Cl2N2O2. The molecule has 0 radical (unpaired) electrons. The second-order valence-corrected chi connectivity index (χ2v) is 9.28. The van der Waals surface area contributed by atoms with Crippen LogP contribution in [0.25, 0.3) is 0 Å². The van der Waals surface area contributed by atoms with Gasteiger partial charge in [-0.05, 0) is 48.2 Å². The van der Waals surface area contributed by atoms with Crippen LogP contribution in [0.2, 0.25) is 10.0 Å². The minimum Gasteiger partial charge on any atom is -0.352 e.